The van der Waals surface area contributed by atoms with Gasteiger partial charge in [-0.3, -0.25) is 147 Å². The SMILES string of the molecule is O=C1N2CN3C(=O)N4CN5C(=O)N6CN7C(=O)N8CN9C(=O)N%10CN%11C(=O)N%12CN%13C(=O)N%14CN1C1C2N2CN%15C(=O)N(CN%16C(=O)N(CN%17C(=O)N(CN%18C(=O)N(CN%19C(=O)N(CN%20C(=O)N(CN1C2=O)C%14C%13%20)C%12C%11%19)C%10C9%18OCc1cn(CCOCCOCCOCCNc2ccc([N+](=O)[O-])c9nonc29)nn1)C8C7%17)C6C5%16)C4C3%15. The van der Waals surface area contributed by atoms with Gasteiger partial charge in [0.25, 0.3) is 5.85 Å². The summed E-state index contributed by atoms with van der Waals surface area (Å²) in [5, 5.41) is 30.5. The number of carbonyl (C=O) groups is 14. The average molecular weight is 1600 g/mol. The molecule has 24 rings (SSSR count). The van der Waals surface area contributed by atoms with Crippen molar-refractivity contribution in [2.45, 2.75) is 99.2 Å². The summed E-state index contributed by atoms with van der Waals surface area (Å²) in [6, 6.07) is -8.40. The van der Waals surface area contributed by atoms with Crippen molar-refractivity contribution in [2.75, 3.05) is 145 Å². The molecule has 2 aromatic heterocycles. The minimum atomic E-state index is -2.44. The zero-order chi connectivity index (χ0) is 77.8. The zero-order valence-corrected chi connectivity index (χ0v) is 59.8. The number of non-ortho nitro benzene ring substituents is 1. The van der Waals surface area contributed by atoms with Crippen LogP contribution in [0.1, 0.15) is 5.69 Å². The Morgan fingerprint density at radius 3 is 0.983 bits per heavy atom. The summed E-state index contributed by atoms with van der Waals surface area (Å²) in [6.45, 7) is -7.55. The van der Waals surface area contributed by atoms with Gasteiger partial charge < -0.3 is 24.3 Å². The van der Waals surface area contributed by atoms with Gasteiger partial charge >= 0.3 is 90.1 Å². The summed E-state index contributed by atoms with van der Waals surface area (Å²) in [7, 11) is 0. The van der Waals surface area contributed by atoms with Gasteiger partial charge in [-0.2, -0.15) is 0 Å². The number of nitrogens with one attached hydrogen (secondary N) is 1. The quantitative estimate of drug-likeness (QED) is 0.0747. The van der Waals surface area contributed by atoms with E-state index in [0.29, 0.717) is 12.2 Å². The lowest BCUT2D eigenvalue weighted by molar-refractivity contribution is -0.383. The Balaban J connectivity index is 0.552. The van der Waals surface area contributed by atoms with Crippen molar-refractivity contribution in [3.63, 3.8) is 0 Å². The molecule has 1 N–H and O–H groups in total. The van der Waals surface area contributed by atoms with Gasteiger partial charge in [-0.05, 0) is 16.4 Å². The average Bonchev–Trinajstić information content (AvgIpc) is 1.47. The van der Waals surface area contributed by atoms with Crippen LogP contribution in [0.2, 0.25) is 0 Å². The number of nitro benzene ring substituents is 1. The van der Waals surface area contributed by atoms with Crippen LogP contribution in [0.5, 0.6) is 0 Å². The van der Waals surface area contributed by atoms with Crippen molar-refractivity contribution in [1.29, 1.82) is 0 Å². The second-order valence-corrected chi connectivity index (χ2v) is 31.4. The van der Waals surface area contributed by atoms with Crippen LogP contribution in [-0.2, 0) is 32.1 Å². The van der Waals surface area contributed by atoms with Crippen molar-refractivity contribution in [2.24, 2.45) is 0 Å². The molecule has 21 aliphatic rings. The minimum absolute atomic E-state index is 0.0133. The van der Waals surface area contributed by atoms with Crippen LogP contribution in [0.3, 0.4) is 0 Å². The number of aromatic nitrogens is 5. The number of amides is 28. The third-order valence-corrected chi connectivity index (χ3v) is 26.4. The number of rotatable bonds is 17. The summed E-state index contributed by atoms with van der Waals surface area (Å²) in [6.07, 6.45) is -16.0. The summed E-state index contributed by atoms with van der Waals surface area (Å²) in [5.41, 5.74) is 0.604. The number of urea groups is 14. The number of hydrogen-bond acceptors (Lipinski definition) is 26. The van der Waals surface area contributed by atoms with E-state index in [1.807, 2.05) is 0 Å². The Hall–Kier alpha value is -13.4. The van der Waals surface area contributed by atoms with Gasteiger partial charge in [0.2, 0.25) is 5.52 Å². The molecule has 3 aromatic rings. The molecule has 1 aromatic carbocycles. The third-order valence-electron chi connectivity index (χ3n) is 26.4. The fourth-order valence-electron chi connectivity index (χ4n) is 21.7. The molecule has 21 fully saturated rings. The molecule has 21 saturated heterocycles. The molecule has 28 amide bonds. The molecule has 0 radical (unpaired) electrons. The summed E-state index contributed by atoms with van der Waals surface area (Å²) in [5.74, 6) is -2.44. The van der Waals surface area contributed by atoms with Crippen LogP contribution >= 0.6 is 0 Å². The number of hydrogen-bond donors (Lipinski definition) is 1. The predicted molar refractivity (Wildman–Crippen MR) is 351 cm³/mol. The largest absolute Gasteiger partial charge is 0.381 e. The maximum Gasteiger partial charge on any atom is 0.328 e. The number of ether oxygens (including phenoxy) is 4. The van der Waals surface area contributed by atoms with Crippen LogP contribution < -0.4 is 5.32 Å². The monoisotopic (exact) mass is 1600 g/mol. The standard InChI is InChI=1S/C59H63N35O21/c95-45-66-13-68-34-35-72(47(68)97)17-76-38-39-80(51(76)101)21-84-42-43-88(55(84)105)25-92-57(107)90-23-86-41-40-82(53(86)103)19-78-37-36-74(49(78)99)15-70(45)33-32(66)67-14-69(34)48(98)73(35)18-77(38)52(102)81(39)22-85(42)56(106)89(43)26-93-58(108)91(24-87(41)54(104)83(40)20-79(37)50(100)75(36)16-71(33)46(67)96)44(90)59(92,93)114-12-27-11-65(64-61-27)4-6-112-8-10-113-9-7-111-5-3-60-28-1-2-29(94(109)110)31-30(28)62-115-63-31/h1-2,11,32-44,60H,3-10,12-26H2. The summed E-state index contributed by atoms with van der Waals surface area (Å²) in [4.78, 5) is 268. The van der Waals surface area contributed by atoms with Crippen molar-refractivity contribution >= 4 is 107 Å². The highest BCUT2D eigenvalue weighted by atomic mass is 16.6. The van der Waals surface area contributed by atoms with Gasteiger partial charge in [0.15, 0.2) is 85.7 Å². The Bertz CT molecular complexity index is 4890. The molecule has 0 spiro atoms. The first kappa shape index (κ1) is 65.2. The lowest BCUT2D eigenvalue weighted by atomic mass is 10.2. The molecule has 23 heterocycles. The fourth-order valence-corrected chi connectivity index (χ4v) is 21.7. The van der Waals surface area contributed by atoms with Gasteiger partial charge in [0.05, 0.1) is 69.6 Å². The predicted octanol–water partition coefficient (Wildman–Crippen LogP) is -5.87. The first-order valence-corrected chi connectivity index (χ1v) is 37.2. The van der Waals surface area contributed by atoms with E-state index in [-0.39, 0.29) is 68.6 Å². The third kappa shape index (κ3) is 7.64. The summed E-state index contributed by atoms with van der Waals surface area (Å²) >= 11 is 0. The molecule has 0 saturated carbocycles. The number of anilines is 1. The van der Waals surface area contributed by atoms with E-state index in [4.69, 9.17) is 23.6 Å². The number of fused-ring (bicyclic) bond motifs is 1. The first-order chi connectivity index (χ1) is 55.7. The summed E-state index contributed by atoms with van der Waals surface area (Å²) < 4.78 is 30.5. The second kappa shape index (κ2) is 21.7. The molecule has 56 heteroatoms. The lowest BCUT2D eigenvalue weighted by Gasteiger charge is -2.47. The lowest BCUT2D eigenvalue weighted by Crippen LogP contribution is -2.69. The normalized spacial score (nSPS) is 33.3. The molecule has 21 aliphatic heterocycles. The maximum absolute atomic E-state index is 16.4. The molecule has 0 atom stereocenters. The Morgan fingerprint density at radius 2 is 0.661 bits per heavy atom. The van der Waals surface area contributed by atoms with Gasteiger partial charge in [-0.15, -0.1) is 5.10 Å². The molecule has 0 aliphatic carbocycles. The van der Waals surface area contributed by atoms with Crippen LogP contribution in [0, 0.1) is 10.1 Å². The Labute approximate surface area is 641 Å². The van der Waals surface area contributed by atoms with E-state index >= 15 is 67.1 Å². The number of carbonyl (C=O) groups excluding carboxylic acids is 14. The molecule has 56 nitrogen and oxygen atoms in total. The molecule has 0 unspecified atom stereocenters. The molecule has 0 bridgehead atoms. The van der Waals surface area contributed by atoms with Crippen LogP contribution in [0.25, 0.3) is 11.0 Å². The van der Waals surface area contributed by atoms with E-state index in [1.165, 1.54) is 150 Å². The highest BCUT2D eigenvalue weighted by Gasteiger charge is 2.80. The highest BCUT2D eigenvalue weighted by Crippen LogP contribution is 2.55. The van der Waals surface area contributed by atoms with Gasteiger partial charge in [-0.1, -0.05) is 5.21 Å². The van der Waals surface area contributed by atoms with Crippen molar-refractivity contribution in [3.8, 4) is 0 Å². The number of nitrogens with zero attached hydrogens (tertiary/aromatic N) is 34. The van der Waals surface area contributed by atoms with Gasteiger partial charge in [0.1, 0.15) is 99.1 Å². The first-order valence-electron chi connectivity index (χ1n) is 37.2. The van der Waals surface area contributed by atoms with E-state index in [1.54, 1.807) is 0 Å². The van der Waals surface area contributed by atoms with Crippen molar-refractivity contribution < 1.29 is 95.6 Å². The maximum atomic E-state index is 16.4. The molecular weight excluding hydrogens is 1530 g/mol. The molecule has 115 heavy (non-hydrogen) atoms. The smallest absolute Gasteiger partial charge is 0.328 e. The van der Waals surface area contributed by atoms with Gasteiger partial charge in [-0.25, -0.2) is 76.4 Å². The number of nitro groups is 1. The fraction of sp³-hybridized carbons (Fsp3) is 0.627. The Kier molecular flexibility index (Phi) is 12.3. The van der Waals surface area contributed by atoms with Crippen molar-refractivity contribution in [3.05, 3.63) is 34.1 Å². The van der Waals surface area contributed by atoms with Crippen molar-refractivity contribution in [1.82, 2.24) is 163 Å². The molecule has 600 valence electrons. The molecular formula is C59H63N35O21. The zero-order valence-electron chi connectivity index (χ0n) is 59.8. The van der Waals surface area contributed by atoms with Crippen LogP contribution in [-0.4, -0.2) is 477 Å². The van der Waals surface area contributed by atoms with E-state index in [0.717, 1.165) is 9.80 Å². The minimum Gasteiger partial charge on any atom is -0.381 e. The van der Waals surface area contributed by atoms with E-state index in [9.17, 15) is 10.1 Å². The van der Waals surface area contributed by atoms with E-state index in [2.05, 4.69) is 25.9 Å². The van der Waals surface area contributed by atoms with Crippen LogP contribution in [0.4, 0.5) is 78.5 Å². The topological polar surface area (TPSA) is 491 Å². The number of benzene rings is 1. The van der Waals surface area contributed by atoms with Gasteiger partial charge in [0, 0.05) is 12.6 Å². The second-order valence-electron chi connectivity index (χ2n) is 31.4. The Morgan fingerprint density at radius 1 is 0.374 bits per heavy atom. The van der Waals surface area contributed by atoms with Crippen LogP contribution in [0.15, 0.2) is 23.0 Å². The highest BCUT2D eigenvalue weighted by molar-refractivity contribution is 5.97. The van der Waals surface area contributed by atoms with E-state index < -0.39 is 275 Å².